The zero-order valence-corrected chi connectivity index (χ0v) is 13.4. The lowest BCUT2D eigenvalue weighted by Gasteiger charge is -2.32. The Hall–Kier alpha value is -2.35. The molecular weight excluding hydrogens is 282 g/mol. The molecule has 118 valence electrons. The minimum Gasteiger partial charge on any atom is -0.339 e. The van der Waals surface area contributed by atoms with Crippen molar-refractivity contribution in [1.29, 1.82) is 0 Å². The molecule has 2 aromatic carbocycles. The second-order valence-electron chi connectivity index (χ2n) is 6.23. The molecule has 0 aromatic heterocycles. The van der Waals surface area contributed by atoms with Crippen molar-refractivity contribution in [3.8, 4) is 0 Å². The maximum Gasteiger partial charge on any atom is 0.246 e. The molecule has 1 fully saturated rings. The summed E-state index contributed by atoms with van der Waals surface area (Å²) in [6.07, 6.45) is 6.99. The average molecular weight is 305 g/mol. The number of hydrogen-bond donors (Lipinski definition) is 0. The Morgan fingerprint density at radius 1 is 1.04 bits per heavy atom. The Labute approximate surface area is 138 Å². The van der Waals surface area contributed by atoms with E-state index in [0.717, 1.165) is 31.5 Å². The zero-order chi connectivity index (χ0) is 15.9. The lowest BCUT2D eigenvalue weighted by molar-refractivity contribution is -0.127. The van der Waals surface area contributed by atoms with Gasteiger partial charge in [0.1, 0.15) is 0 Å². The van der Waals surface area contributed by atoms with Crippen molar-refractivity contribution in [2.24, 2.45) is 5.92 Å². The molecule has 0 saturated carbocycles. The predicted molar refractivity (Wildman–Crippen MR) is 94.9 cm³/mol. The molecular formula is C21H23NO. The van der Waals surface area contributed by atoms with Crippen molar-refractivity contribution in [3.63, 3.8) is 0 Å². The summed E-state index contributed by atoms with van der Waals surface area (Å²) >= 11 is 0. The summed E-state index contributed by atoms with van der Waals surface area (Å²) < 4.78 is 0. The van der Waals surface area contributed by atoms with Crippen molar-refractivity contribution in [2.75, 3.05) is 13.1 Å². The van der Waals surface area contributed by atoms with E-state index in [1.54, 1.807) is 6.08 Å². The first-order chi connectivity index (χ1) is 11.3. The molecule has 1 atom stereocenters. The van der Waals surface area contributed by atoms with Gasteiger partial charge in [0.2, 0.25) is 5.91 Å². The molecule has 1 unspecified atom stereocenters. The molecule has 1 amide bonds. The van der Waals surface area contributed by atoms with Crippen molar-refractivity contribution in [3.05, 3.63) is 77.9 Å². The van der Waals surface area contributed by atoms with Crippen molar-refractivity contribution in [2.45, 2.75) is 19.3 Å². The van der Waals surface area contributed by atoms with Crippen molar-refractivity contribution < 1.29 is 4.79 Å². The van der Waals surface area contributed by atoms with Gasteiger partial charge in [-0.1, -0.05) is 60.7 Å². The van der Waals surface area contributed by atoms with E-state index < -0.39 is 0 Å². The topological polar surface area (TPSA) is 20.3 Å². The smallest absolute Gasteiger partial charge is 0.246 e. The van der Waals surface area contributed by atoms with Crippen LogP contribution in [-0.2, 0) is 11.2 Å². The standard InChI is InChI=1S/C21H23NO/c23-21(14-13-18-8-3-1-4-9-18)22-15-7-12-20(17-22)16-19-10-5-2-6-11-19/h1-6,8-11,13-14,20H,7,12,15-17H2/b14-13+. The lowest BCUT2D eigenvalue weighted by Crippen LogP contribution is -2.39. The largest absolute Gasteiger partial charge is 0.339 e. The fourth-order valence-corrected chi connectivity index (χ4v) is 3.22. The number of piperidine rings is 1. The van der Waals surface area contributed by atoms with E-state index in [4.69, 9.17) is 0 Å². The van der Waals surface area contributed by atoms with Crippen LogP contribution in [-0.4, -0.2) is 23.9 Å². The summed E-state index contributed by atoms with van der Waals surface area (Å²) in [7, 11) is 0. The number of amides is 1. The molecule has 0 N–H and O–H groups in total. The summed E-state index contributed by atoms with van der Waals surface area (Å²) in [6.45, 7) is 1.75. The molecule has 2 heteroatoms. The number of carbonyl (C=O) groups excluding carboxylic acids is 1. The van der Waals surface area contributed by atoms with E-state index >= 15 is 0 Å². The molecule has 1 aliphatic rings. The van der Waals surface area contributed by atoms with E-state index in [-0.39, 0.29) is 5.91 Å². The van der Waals surface area contributed by atoms with Gasteiger partial charge in [-0.2, -0.15) is 0 Å². The van der Waals surface area contributed by atoms with Gasteiger partial charge in [0.25, 0.3) is 0 Å². The highest BCUT2D eigenvalue weighted by Crippen LogP contribution is 2.21. The number of benzene rings is 2. The van der Waals surface area contributed by atoms with E-state index in [0.29, 0.717) is 5.92 Å². The molecule has 3 rings (SSSR count). The van der Waals surface area contributed by atoms with Gasteiger partial charge < -0.3 is 4.90 Å². The highest BCUT2D eigenvalue weighted by Gasteiger charge is 2.22. The zero-order valence-electron chi connectivity index (χ0n) is 13.4. The molecule has 2 nitrogen and oxygen atoms in total. The first-order valence-corrected chi connectivity index (χ1v) is 8.37. The second-order valence-corrected chi connectivity index (χ2v) is 6.23. The predicted octanol–water partition coefficient (Wildman–Crippen LogP) is 4.18. The van der Waals surface area contributed by atoms with Gasteiger partial charge in [-0.3, -0.25) is 4.79 Å². The third-order valence-corrected chi connectivity index (χ3v) is 4.42. The molecule has 1 saturated heterocycles. The van der Waals surface area contributed by atoms with E-state index in [9.17, 15) is 4.79 Å². The number of hydrogen-bond acceptors (Lipinski definition) is 1. The Balaban J connectivity index is 1.57. The van der Waals surface area contributed by atoms with Gasteiger partial charge in [-0.05, 0) is 42.4 Å². The molecule has 0 bridgehead atoms. The fraction of sp³-hybridized carbons (Fsp3) is 0.286. The van der Waals surface area contributed by atoms with Gasteiger partial charge in [0.05, 0.1) is 0 Å². The third-order valence-electron chi connectivity index (χ3n) is 4.42. The molecule has 0 aliphatic carbocycles. The normalized spacial score (nSPS) is 18.3. The van der Waals surface area contributed by atoms with Crippen LogP contribution in [0.25, 0.3) is 6.08 Å². The molecule has 1 heterocycles. The summed E-state index contributed by atoms with van der Waals surface area (Å²) in [5.74, 6) is 0.701. The number of rotatable bonds is 4. The lowest BCUT2D eigenvalue weighted by atomic mass is 9.91. The Bertz CT molecular complexity index is 648. The van der Waals surface area contributed by atoms with Crippen LogP contribution in [0, 0.1) is 5.92 Å². The monoisotopic (exact) mass is 305 g/mol. The van der Waals surface area contributed by atoms with Crippen LogP contribution in [0.15, 0.2) is 66.7 Å². The average Bonchev–Trinajstić information content (AvgIpc) is 2.62. The fourth-order valence-electron chi connectivity index (χ4n) is 3.22. The first-order valence-electron chi connectivity index (χ1n) is 8.37. The van der Waals surface area contributed by atoms with Crippen LogP contribution in [0.5, 0.6) is 0 Å². The quantitative estimate of drug-likeness (QED) is 0.776. The first kappa shape index (κ1) is 15.5. The van der Waals surface area contributed by atoms with E-state index in [2.05, 4.69) is 30.3 Å². The summed E-state index contributed by atoms with van der Waals surface area (Å²) in [5, 5.41) is 0. The van der Waals surface area contributed by atoms with Gasteiger partial charge >= 0.3 is 0 Å². The van der Waals surface area contributed by atoms with Crippen LogP contribution < -0.4 is 0 Å². The number of likely N-dealkylation sites (tertiary alicyclic amines) is 1. The summed E-state index contributed by atoms with van der Waals surface area (Å²) in [4.78, 5) is 14.4. The van der Waals surface area contributed by atoms with E-state index in [1.165, 1.54) is 12.0 Å². The van der Waals surface area contributed by atoms with Gasteiger partial charge in [0.15, 0.2) is 0 Å². The summed E-state index contributed by atoms with van der Waals surface area (Å²) in [5.41, 5.74) is 2.44. The maximum atomic E-state index is 12.4. The highest BCUT2D eigenvalue weighted by molar-refractivity contribution is 5.91. The van der Waals surface area contributed by atoms with Crippen LogP contribution in [0.4, 0.5) is 0 Å². The van der Waals surface area contributed by atoms with Gasteiger partial charge in [-0.25, -0.2) is 0 Å². The molecule has 1 aliphatic heterocycles. The van der Waals surface area contributed by atoms with Crippen LogP contribution in [0.2, 0.25) is 0 Å². The van der Waals surface area contributed by atoms with Crippen molar-refractivity contribution in [1.82, 2.24) is 4.90 Å². The van der Waals surface area contributed by atoms with E-state index in [1.807, 2.05) is 41.3 Å². The third kappa shape index (κ3) is 4.56. The Kier molecular flexibility index (Phi) is 5.25. The maximum absolute atomic E-state index is 12.4. The van der Waals surface area contributed by atoms with Crippen LogP contribution in [0.1, 0.15) is 24.0 Å². The Morgan fingerprint density at radius 3 is 2.48 bits per heavy atom. The summed E-state index contributed by atoms with van der Waals surface area (Å²) in [6, 6.07) is 20.6. The minimum atomic E-state index is 0.131. The number of carbonyl (C=O) groups is 1. The SMILES string of the molecule is O=C(/C=C/c1ccccc1)N1CCCC(Cc2ccccc2)C1. The second kappa shape index (κ2) is 7.77. The minimum absolute atomic E-state index is 0.131. The van der Waals surface area contributed by atoms with Gasteiger partial charge in [0, 0.05) is 19.2 Å². The van der Waals surface area contributed by atoms with Gasteiger partial charge in [-0.15, -0.1) is 0 Å². The molecule has 0 radical (unpaired) electrons. The molecule has 2 aromatic rings. The van der Waals surface area contributed by atoms with Crippen molar-refractivity contribution >= 4 is 12.0 Å². The van der Waals surface area contributed by atoms with Crippen LogP contribution >= 0.6 is 0 Å². The van der Waals surface area contributed by atoms with Crippen LogP contribution in [0.3, 0.4) is 0 Å². The molecule has 0 spiro atoms. The molecule has 23 heavy (non-hydrogen) atoms. The number of nitrogens with zero attached hydrogens (tertiary/aromatic N) is 1. The highest BCUT2D eigenvalue weighted by atomic mass is 16.2. The Morgan fingerprint density at radius 2 is 1.74 bits per heavy atom.